The van der Waals surface area contributed by atoms with Gasteiger partial charge < -0.3 is 24.7 Å². The molecule has 1 rings (SSSR count). The summed E-state index contributed by atoms with van der Waals surface area (Å²) < 4.78 is 10.4. The van der Waals surface area contributed by atoms with E-state index in [0.29, 0.717) is 12.1 Å². The molecule has 2 N–H and O–H groups in total. The van der Waals surface area contributed by atoms with Crippen molar-refractivity contribution in [1.82, 2.24) is 10.7 Å². The summed E-state index contributed by atoms with van der Waals surface area (Å²) in [5, 5.41) is 16.6. The van der Waals surface area contributed by atoms with E-state index in [1.165, 1.54) is 18.3 Å². The van der Waals surface area contributed by atoms with Gasteiger partial charge in [-0.3, -0.25) is 9.59 Å². The van der Waals surface area contributed by atoms with Crippen LogP contribution in [0.3, 0.4) is 0 Å². The largest absolute Gasteiger partial charge is 0.546 e. The molecule has 0 radical (unpaired) electrons. The SMILES string of the molecule is CCNC(=O)C(=O)N/N=C\c1cc(Cl)c(OCC(=O)[O-])c(OCC)c1. The summed E-state index contributed by atoms with van der Waals surface area (Å²) in [5.74, 6) is -2.87. The number of hydrogen-bond donors (Lipinski definition) is 2. The summed E-state index contributed by atoms with van der Waals surface area (Å²) in [4.78, 5) is 33.1. The number of carbonyl (C=O) groups is 3. The molecule has 0 aliphatic heterocycles. The monoisotopic (exact) mass is 370 g/mol. The number of carbonyl (C=O) groups excluding carboxylic acids is 3. The highest BCUT2D eigenvalue weighted by Crippen LogP contribution is 2.36. The van der Waals surface area contributed by atoms with Crippen LogP contribution in [0.1, 0.15) is 19.4 Å². The number of benzene rings is 1. The van der Waals surface area contributed by atoms with Crippen molar-refractivity contribution in [3.63, 3.8) is 0 Å². The van der Waals surface area contributed by atoms with Crippen molar-refractivity contribution < 1.29 is 29.0 Å². The van der Waals surface area contributed by atoms with Gasteiger partial charge in [-0.25, -0.2) is 5.43 Å². The molecule has 2 amide bonds. The number of rotatable bonds is 8. The van der Waals surface area contributed by atoms with E-state index >= 15 is 0 Å². The molecule has 0 spiro atoms. The second kappa shape index (κ2) is 10.1. The van der Waals surface area contributed by atoms with Crippen LogP contribution in [0, 0.1) is 0 Å². The highest BCUT2D eigenvalue weighted by atomic mass is 35.5. The molecule has 0 saturated heterocycles. The second-order valence-corrected chi connectivity index (χ2v) is 4.89. The minimum absolute atomic E-state index is 0.0521. The third-order valence-electron chi connectivity index (χ3n) is 2.59. The molecule has 25 heavy (non-hydrogen) atoms. The molecule has 0 atom stereocenters. The first-order valence-corrected chi connectivity index (χ1v) is 7.67. The summed E-state index contributed by atoms with van der Waals surface area (Å²) in [6, 6.07) is 2.91. The summed E-state index contributed by atoms with van der Waals surface area (Å²) in [7, 11) is 0. The van der Waals surface area contributed by atoms with Crippen LogP contribution in [0.5, 0.6) is 11.5 Å². The fourth-order valence-electron chi connectivity index (χ4n) is 1.65. The first-order chi connectivity index (χ1) is 11.9. The van der Waals surface area contributed by atoms with Crippen LogP contribution in [0.25, 0.3) is 0 Å². The van der Waals surface area contributed by atoms with Crippen LogP contribution < -0.4 is 25.3 Å². The van der Waals surface area contributed by atoms with E-state index in [1.807, 2.05) is 0 Å². The number of likely N-dealkylation sites (N-methyl/N-ethyl adjacent to an activating group) is 1. The molecular weight excluding hydrogens is 354 g/mol. The van der Waals surface area contributed by atoms with Crippen molar-refractivity contribution >= 4 is 35.6 Å². The predicted octanol–water partition coefficient (Wildman–Crippen LogP) is -0.546. The highest BCUT2D eigenvalue weighted by Gasteiger charge is 2.13. The van der Waals surface area contributed by atoms with Gasteiger partial charge in [-0.1, -0.05) is 11.6 Å². The topological polar surface area (TPSA) is 129 Å². The quantitative estimate of drug-likeness (QED) is 0.359. The van der Waals surface area contributed by atoms with Crippen LogP contribution in [0.2, 0.25) is 5.02 Å². The van der Waals surface area contributed by atoms with Crippen molar-refractivity contribution in [3.8, 4) is 11.5 Å². The van der Waals surface area contributed by atoms with Crippen molar-refractivity contribution in [3.05, 3.63) is 22.7 Å². The Balaban J connectivity index is 2.90. The number of nitrogens with one attached hydrogen (secondary N) is 2. The first kappa shape index (κ1) is 20.2. The smallest absolute Gasteiger partial charge is 0.329 e. The molecule has 10 heteroatoms. The van der Waals surface area contributed by atoms with E-state index in [-0.39, 0.29) is 23.1 Å². The van der Waals surface area contributed by atoms with Crippen molar-refractivity contribution in [2.75, 3.05) is 19.8 Å². The molecule has 9 nitrogen and oxygen atoms in total. The van der Waals surface area contributed by atoms with Crippen LogP contribution in [0.4, 0.5) is 0 Å². The van der Waals surface area contributed by atoms with Gasteiger partial charge in [-0.15, -0.1) is 0 Å². The van der Waals surface area contributed by atoms with Crippen LogP contribution in [-0.2, 0) is 14.4 Å². The van der Waals surface area contributed by atoms with E-state index in [1.54, 1.807) is 13.8 Å². The number of nitrogens with zero attached hydrogens (tertiary/aromatic N) is 1. The van der Waals surface area contributed by atoms with Gasteiger partial charge in [0.05, 0.1) is 23.8 Å². The van der Waals surface area contributed by atoms with Gasteiger partial charge in [0, 0.05) is 6.54 Å². The van der Waals surface area contributed by atoms with E-state index in [0.717, 1.165) is 0 Å². The lowest BCUT2D eigenvalue weighted by Crippen LogP contribution is -2.37. The number of halogens is 1. The van der Waals surface area contributed by atoms with Gasteiger partial charge in [-0.2, -0.15) is 5.10 Å². The molecule has 0 fully saturated rings. The fourth-order valence-corrected chi connectivity index (χ4v) is 1.93. The molecule has 0 unspecified atom stereocenters. The summed E-state index contributed by atoms with van der Waals surface area (Å²) >= 11 is 6.06. The van der Waals surface area contributed by atoms with Crippen LogP contribution in [-0.4, -0.2) is 43.8 Å². The van der Waals surface area contributed by atoms with Gasteiger partial charge in [-0.05, 0) is 31.5 Å². The lowest BCUT2D eigenvalue weighted by molar-refractivity contribution is -0.307. The third-order valence-corrected chi connectivity index (χ3v) is 2.87. The van der Waals surface area contributed by atoms with Gasteiger partial charge in [0.2, 0.25) is 0 Å². The highest BCUT2D eigenvalue weighted by molar-refractivity contribution is 6.35. The Morgan fingerprint density at radius 1 is 1.24 bits per heavy atom. The minimum Gasteiger partial charge on any atom is -0.546 e. The first-order valence-electron chi connectivity index (χ1n) is 7.29. The average molecular weight is 371 g/mol. The standard InChI is InChI=1S/C15H18ClN3O6/c1-3-17-14(22)15(23)19-18-7-9-5-10(16)13(25-8-12(20)21)11(6-9)24-4-2/h5-7H,3-4,8H2,1-2H3,(H,17,22)(H,19,23)(H,20,21)/p-1/b18-7-. The molecule has 1 aromatic rings. The summed E-state index contributed by atoms with van der Waals surface area (Å²) in [6.45, 7) is 3.32. The maximum Gasteiger partial charge on any atom is 0.329 e. The number of aliphatic carboxylic acids is 1. The van der Waals surface area contributed by atoms with Crippen LogP contribution >= 0.6 is 11.6 Å². The molecule has 0 bridgehead atoms. The Bertz CT molecular complexity index is 677. The zero-order valence-corrected chi connectivity index (χ0v) is 14.4. The van der Waals surface area contributed by atoms with Gasteiger partial charge in [0.25, 0.3) is 0 Å². The number of ether oxygens (including phenoxy) is 2. The molecule has 0 saturated carbocycles. The van der Waals surface area contributed by atoms with E-state index in [9.17, 15) is 19.5 Å². The molecule has 136 valence electrons. The van der Waals surface area contributed by atoms with Gasteiger partial charge in [0.1, 0.15) is 6.61 Å². The Morgan fingerprint density at radius 2 is 1.96 bits per heavy atom. The average Bonchev–Trinajstić information content (AvgIpc) is 2.54. The zero-order valence-electron chi connectivity index (χ0n) is 13.6. The Morgan fingerprint density at radius 3 is 2.56 bits per heavy atom. The summed E-state index contributed by atoms with van der Waals surface area (Å²) in [6.07, 6.45) is 1.24. The van der Waals surface area contributed by atoms with Gasteiger partial charge in [0.15, 0.2) is 11.5 Å². The number of carboxylic acid groups (broad SMARTS) is 1. The molecule has 0 aliphatic carbocycles. The Kier molecular flexibility index (Phi) is 8.21. The van der Waals surface area contributed by atoms with Crippen molar-refractivity contribution in [2.45, 2.75) is 13.8 Å². The lowest BCUT2D eigenvalue weighted by atomic mass is 10.2. The molecular formula is C15H17ClN3O6-. The van der Waals surface area contributed by atoms with E-state index in [2.05, 4.69) is 15.8 Å². The molecule has 0 heterocycles. The summed E-state index contributed by atoms with van der Waals surface area (Å²) in [5.41, 5.74) is 2.49. The van der Waals surface area contributed by atoms with E-state index < -0.39 is 24.4 Å². The third kappa shape index (κ3) is 6.68. The van der Waals surface area contributed by atoms with E-state index in [4.69, 9.17) is 21.1 Å². The maximum atomic E-state index is 11.4. The Labute approximate surface area is 148 Å². The number of carboxylic acids is 1. The lowest BCUT2D eigenvalue weighted by Gasteiger charge is -2.14. The van der Waals surface area contributed by atoms with Gasteiger partial charge >= 0.3 is 11.8 Å². The predicted molar refractivity (Wildman–Crippen MR) is 87.5 cm³/mol. The zero-order chi connectivity index (χ0) is 18.8. The number of amides is 2. The second-order valence-electron chi connectivity index (χ2n) is 4.48. The molecule has 1 aromatic carbocycles. The fraction of sp³-hybridized carbons (Fsp3) is 0.333. The number of hydrogen-bond acceptors (Lipinski definition) is 7. The van der Waals surface area contributed by atoms with Crippen molar-refractivity contribution in [2.24, 2.45) is 5.10 Å². The number of hydrazone groups is 1. The normalized spacial score (nSPS) is 10.4. The minimum atomic E-state index is -1.41. The Hall–Kier alpha value is -2.81. The maximum absolute atomic E-state index is 11.4. The molecule has 0 aromatic heterocycles. The van der Waals surface area contributed by atoms with Crippen molar-refractivity contribution in [1.29, 1.82) is 0 Å². The van der Waals surface area contributed by atoms with Crippen LogP contribution in [0.15, 0.2) is 17.2 Å². The molecule has 0 aliphatic rings.